The Labute approximate surface area is 109 Å². The minimum atomic E-state index is -2.76. The summed E-state index contributed by atoms with van der Waals surface area (Å²) in [5.41, 5.74) is 0.596. The molecule has 0 radical (unpaired) electrons. The molecule has 0 amide bonds. The molecule has 1 aliphatic rings. The van der Waals surface area contributed by atoms with Crippen LogP contribution in [0.15, 0.2) is 12.1 Å². The molecule has 1 atom stereocenters. The molecule has 0 aromatic heterocycles. The Hall–Kier alpha value is -1.30. The number of halogens is 4. The van der Waals surface area contributed by atoms with Gasteiger partial charge in [-0.05, 0) is 25.6 Å². The molecule has 1 aliphatic heterocycles. The summed E-state index contributed by atoms with van der Waals surface area (Å²) in [4.78, 5) is 1.54. The highest BCUT2D eigenvalue weighted by atomic mass is 19.3. The third-order valence-electron chi connectivity index (χ3n) is 3.43. The molecule has 1 unspecified atom stereocenters. The zero-order chi connectivity index (χ0) is 14.2. The number of anilines is 1. The molecule has 1 saturated heterocycles. The van der Waals surface area contributed by atoms with Crippen LogP contribution in [-0.2, 0) is 0 Å². The molecular weight excluding hydrogens is 260 g/mol. The van der Waals surface area contributed by atoms with Crippen molar-refractivity contribution in [2.24, 2.45) is 0 Å². The lowest BCUT2D eigenvalue weighted by atomic mass is 10.0. The molecule has 0 spiro atoms. The van der Waals surface area contributed by atoms with Gasteiger partial charge in [-0.25, -0.2) is 17.6 Å². The molecule has 1 aromatic rings. The monoisotopic (exact) mass is 276 g/mol. The molecule has 106 valence electrons. The molecule has 2 rings (SSSR count). The van der Waals surface area contributed by atoms with Gasteiger partial charge in [-0.3, -0.25) is 0 Å². The maximum atomic E-state index is 13.9. The lowest BCUT2D eigenvalue weighted by Crippen LogP contribution is -2.53. The smallest absolute Gasteiger partial charge is 0.253 e. The Balaban J connectivity index is 2.36. The fraction of sp³-hybridized carbons (Fsp3) is 0.538. The van der Waals surface area contributed by atoms with Crippen LogP contribution in [0.4, 0.5) is 23.2 Å². The first-order chi connectivity index (χ1) is 8.84. The minimum Gasteiger partial charge on any atom is -0.353 e. The van der Waals surface area contributed by atoms with Crippen LogP contribution in [0.5, 0.6) is 0 Å². The zero-order valence-electron chi connectivity index (χ0n) is 10.8. The molecule has 0 aliphatic carbocycles. The van der Waals surface area contributed by atoms with Gasteiger partial charge in [0.15, 0.2) is 0 Å². The summed E-state index contributed by atoms with van der Waals surface area (Å²) in [6.07, 6.45) is -1.39. The van der Waals surface area contributed by atoms with Crippen LogP contribution in [0.2, 0.25) is 0 Å². The van der Waals surface area contributed by atoms with E-state index in [4.69, 9.17) is 0 Å². The summed E-state index contributed by atoms with van der Waals surface area (Å²) in [5, 5.41) is 2.76. The van der Waals surface area contributed by atoms with Gasteiger partial charge in [-0.1, -0.05) is 0 Å². The van der Waals surface area contributed by atoms with E-state index in [9.17, 15) is 17.6 Å². The van der Waals surface area contributed by atoms with Crippen molar-refractivity contribution in [3.05, 3.63) is 29.3 Å². The maximum absolute atomic E-state index is 13.9. The summed E-state index contributed by atoms with van der Waals surface area (Å²) in [6.45, 7) is 1.60. The molecule has 1 N–H and O–H groups in total. The Morgan fingerprint density at radius 1 is 1.32 bits per heavy atom. The van der Waals surface area contributed by atoms with Crippen LogP contribution < -0.4 is 10.2 Å². The lowest BCUT2D eigenvalue weighted by molar-refractivity contribution is -0.0367. The van der Waals surface area contributed by atoms with Gasteiger partial charge in [0.1, 0.15) is 11.6 Å². The first-order valence-electron chi connectivity index (χ1n) is 6.11. The van der Waals surface area contributed by atoms with Crippen molar-refractivity contribution in [1.82, 2.24) is 5.32 Å². The molecule has 6 heteroatoms. The van der Waals surface area contributed by atoms with E-state index in [0.29, 0.717) is 5.56 Å². The van der Waals surface area contributed by atoms with E-state index in [0.717, 1.165) is 6.07 Å². The minimum absolute atomic E-state index is 0.0297. The van der Waals surface area contributed by atoms with Gasteiger partial charge in [0.2, 0.25) is 0 Å². The average molecular weight is 276 g/mol. The molecular formula is C13H16F4N2. The molecule has 0 bridgehead atoms. The van der Waals surface area contributed by atoms with E-state index in [1.54, 1.807) is 18.9 Å². The predicted octanol–water partition coefficient (Wildman–Crippen LogP) is 3.05. The van der Waals surface area contributed by atoms with E-state index in [1.165, 1.54) is 6.07 Å². The molecule has 2 nitrogen and oxygen atoms in total. The number of benzene rings is 1. The van der Waals surface area contributed by atoms with E-state index >= 15 is 0 Å². The standard InChI is InChI=1S/C13H16F4N2/c1-8-5-9(14)6-10(15)12(8)19-4-3-13(16,17)7-11(19)18-2/h5-6,11,18H,3-4,7H2,1-2H3. The first kappa shape index (κ1) is 14.1. The average Bonchev–Trinajstić information content (AvgIpc) is 2.29. The van der Waals surface area contributed by atoms with Crippen LogP contribution in [0.1, 0.15) is 18.4 Å². The first-order valence-corrected chi connectivity index (χ1v) is 6.11. The number of nitrogens with zero attached hydrogens (tertiary/aromatic N) is 1. The van der Waals surface area contributed by atoms with Crippen molar-refractivity contribution in [2.75, 3.05) is 18.5 Å². The van der Waals surface area contributed by atoms with E-state index in [1.807, 2.05) is 0 Å². The topological polar surface area (TPSA) is 15.3 Å². The highest BCUT2D eigenvalue weighted by molar-refractivity contribution is 5.55. The highest BCUT2D eigenvalue weighted by Gasteiger charge is 2.40. The number of hydrogen-bond donors (Lipinski definition) is 1. The number of nitrogens with one attached hydrogen (secondary N) is 1. The van der Waals surface area contributed by atoms with E-state index in [2.05, 4.69) is 5.32 Å². The quantitative estimate of drug-likeness (QED) is 0.835. The van der Waals surface area contributed by atoms with Crippen molar-refractivity contribution < 1.29 is 17.6 Å². The van der Waals surface area contributed by atoms with Crippen LogP contribution >= 0.6 is 0 Å². The highest BCUT2D eigenvalue weighted by Crippen LogP contribution is 2.36. The molecule has 19 heavy (non-hydrogen) atoms. The van der Waals surface area contributed by atoms with Gasteiger partial charge in [-0.15, -0.1) is 0 Å². The van der Waals surface area contributed by atoms with Crippen LogP contribution in [0.3, 0.4) is 0 Å². The van der Waals surface area contributed by atoms with Gasteiger partial charge in [0.25, 0.3) is 5.92 Å². The molecule has 1 fully saturated rings. The van der Waals surface area contributed by atoms with Gasteiger partial charge in [-0.2, -0.15) is 0 Å². The normalized spacial score (nSPS) is 22.6. The van der Waals surface area contributed by atoms with Crippen molar-refractivity contribution >= 4 is 5.69 Å². The van der Waals surface area contributed by atoms with E-state index in [-0.39, 0.29) is 25.1 Å². The van der Waals surface area contributed by atoms with Crippen LogP contribution in [0, 0.1) is 18.6 Å². The number of piperidine rings is 1. The summed E-state index contributed by atoms with van der Waals surface area (Å²) in [7, 11) is 1.55. The van der Waals surface area contributed by atoms with Gasteiger partial charge >= 0.3 is 0 Å². The molecule has 1 heterocycles. The number of alkyl halides is 2. The van der Waals surface area contributed by atoms with Crippen molar-refractivity contribution in [3.63, 3.8) is 0 Å². The maximum Gasteiger partial charge on any atom is 0.253 e. The number of hydrogen-bond acceptors (Lipinski definition) is 2. The third kappa shape index (κ3) is 2.83. The van der Waals surface area contributed by atoms with Crippen LogP contribution in [0.25, 0.3) is 0 Å². The molecule has 0 saturated carbocycles. The van der Waals surface area contributed by atoms with Crippen molar-refractivity contribution in [3.8, 4) is 0 Å². The molecule has 1 aromatic carbocycles. The van der Waals surface area contributed by atoms with Gasteiger partial charge < -0.3 is 10.2 Å². The number of rotatable bonds is 2. The second-order valence-electron chi connectivity index (χ2n) is 4.86. The van der Waals surface area contributed by atoms with Crippen molar-refractivity contribution in [1.29, 1.82) is 0 Å². The second-order valence-corrected chi connectivity index (χ2v) is 4.86. The fourth-order valence-electron chi connectivity index (χ4n) is 2.52. The second kappa shape index (κ2) is 5.00. The third-order valence-corrected chi connectivity index (χ3v) is 3.43. The summed E-state index contributed by atoms with van der Waals surface area (Å²) in [5.74, 6) is -4.14. The Morgan fingerprint density at radius 2 is 2.00 bits per heavy atom. The summed E-state index contributed by atoms with van der Waals surface area (Å²) < 4.78 is 53.7. The van der Waals surface area contributed by atoms with E-state index < -0.39 is 23.7 Å². The summed E-state index contributed by atoms with van der Waals surface area (Å²) >= 11 is 0. The largest absolute Gasteiger partial charge is 0.353 e. The zero-order valence-corrected chi connectivity index (χ0v) is 10.8. The predicted molar refractivity (Wildman–Crippen MR) is 65.5 cm³/mol. The fourth-order valence-corrected chi connectivity index (χ4v) is 2.52. The number of aryl methyl sites for hydroxylation is 1. The van der Waals surface area contributed by atoms with Crippen molar-refractivity contribution in [2.45, 2.75) is 31.9 Å². The SMILES string of the molecule is CNC1CC(F)(F)CCN1c1c(C)cc(F)cc1F. The Bertz CT molecular complexity index is 453. The Kier molecular flexibility index (Phi) is 3.71. The van der Waals surface area contributed by atoms with Gasteiger partial charge in [0.05, 0.1) is 11.9 Å². The van der Waals surface area contributed by atoms with Crippen LogP contribution in [-0.4, -0.2) is 25.7 Å². The lowest BCUT2D eigenvalue weighted by Gasteiger charge is -2.41. The summed E-state index contributed by atoms with van der Waals surface area (Å²) in [6, 6.07) is 1.99. The van der Waals surface area contributed by atoms with Gasteiger partial charge in [0, 0.05) is 25.5 Å². The Morgan fingerprint density at radius 3 is 2.58 bits per heavy atom.